The molecule has 92 valence electrons. The van der Waals surface area contributed by atoms with E-state index in [2.05, 4.69) is 42.2 Å². The average molecular weight is 249 g/mol. The van der Waals surface area contributed by atoms with Crippen molar-refractivity contribution in [3.8, 4) is 5.75 Å². The number of thioether (sulfide) groups is 1. The monoisotopic (exact) mass is 249 g/mol. The van der Waals surface area contributed by atoms with Gasteiger partial charge in [0.15, 0.2) is 0 Å². The van der Waals surface area contributed by atoms with Crippen molar-refractivity contribution in [3.63, 3.8) is 0 Å². The maximum absolute atomic E-state index is 5.33. The molecule has 1 N–H and O–H groups in total. The van der Waals surface area contributed by atoms with E-state index in [1.165, 1.54) is 30.4 Å². The highest BCUT2D eigenvalue weighted by atomic mass is 32.2. The van der Waals surface area contributed by atoms with Crippen LogP contribution in [0.4, 0.5) is 0 Å². The Morgan fingerprint density at radius 1 is 1.47 bits per heavy atom. The lowest BCUT2D eigenvalue weighted by Gasteiger charge is -2.35. The average Bonchev–Trinajstić information content (AvgIpc) is 2.71. The van der Waals surface area contributed by atoms with Gasteiger partial charge in [0.25, 0.3) is 0 Å². The molecule has 1 aliphatic heterocycles. The van der Waals surface area contributed by atoms with Crippen molar-refractivity contribution in [2.24, 2.45) is 0 Å². The third-order valence-corrected chi connectivity index (χ3v) is 5.34. The highest BCUT2D eigenvalue weighted by Crippen LogP contribution is 2.49. The van der Waals surface area contributed by atoms with Crippen LogP contribution in [0.2, 0.25) is 0 Å². The number of aryl methyl sites for hydroxylation is 1. The summed E-state index contributed by atoms with van der Waals surface area (Å²) in [5, 5.41) is 4.45. The molecule has 1 heterocycles. The molecular weight excluding hydrogens is 230 g/mol. The standard InChI is InChI=1S/C14H19NOS/c1-10-9-15-14(17-10)7-3-4-11-8-12(16-2)5-6-13(11)14/h5-6,8,10,15H,3-4,7,9H2,1-2H3. The lowest BCUT2D eigenvalue weighted by molar-refractivity contribution is 0.408. The molecule has 1 saturated heterocycles. The molecule has 0 aromatic heterocycles. The van der Waals surface area contributed by atoms with Gasteiger partial charge in [0.05, 0.1) is 12.0 Å². The molecule has 2 nitrogen and oxygen atoms in total. The lowest BCUT2D eigenvalue weighted by Crippen LogP contribution is -2.37. The topological polar surface area (TPSA) is 21.3 Å². The van der Waals surface area contributed by atoms with E-state index in [4.69, 9.17) is 4.74 Å². The maximum Gasteiger partial charge on any atom is 0.119 e. The van der Waals surface area contributed by atoms with Crippen LogP contribution in [-0.2, 0) is 11.3 Å². The molecule has 1 aromatic carbocycles. The highest BCUT2D eigenvalue weighted by Gasteiger charge is 2.42. The van der Waals surface area contributed by atoms with E-state index in [1.807, 2.05) is 0 Å². The molecule has 0 bridgehead atoms. The van der Waals surface area contributed by atoms with Crippen LogP contribution in [0.5, 0.6) is 5.75 Å². The Hall–Kier alpha value is -0.670. The summed E-state index contributed by atoms with van der Waals surface area (Å²) in [5.74, 6) is 0.983. The molecule has 3 heteroatoms. The van der Waals surface area contributed by atoms with Crippen molar-refractivity contribution in [1.82, 2.24) is 5.32 Å². The van der Waals surface area contributed by atoms with Crippen LogP contribution in [0.15, 0.2) is 18.2 Å². The molecule has 2 unspecified atom stereocenters. The summed E-state index contributed by atoms with van der Waals surface area (Å²) < 4.78 is 5.33. The fraction of sp³-hybridized carbons (Fsp3) is 0.571. The Labute approximate surface area is 107 Å². The molecule has 2 atom stereocenters. The number of rotatable bonds is 1. The number of hydrogen-bond donors (Lipinski definition) is 1. The first-order valence-electron chi connectivity index (χ1n) is 6.34. The van der Waals surface area contributed by atoms with E-state index in [1.54, 1.807) is 7.11 Å². The zero-order chi connectivity index (χ0) is 11.9. The third-order valence-electron chi connectivity index (χ3n) is 3.80. The van der Waals surface area contributed by atoms with Crippen molar-refractivity contribution >= 4 is 11.8 Å². The zero-order valence-electron chi connectivity index (χ0n) is 10.5. The minimum atomic E-state index is 0.180. The molecule has 1 aromatic rings. The van der Waals surface area contributed by atoms with Gasteiger partial charge in [-0.05, 0) is 42.5 Å². The maximum atomic E-state index is 5.33. The second-order valence-electron chi connectivity index (χ2n) is 5.01. The number of ether oxygens (including phenoxy) is 1. The van der Waals surface area contributed by atoms with Gasteiger partial charge in [0.1, 0.15) is 5.75 Å². The Kier molecular flexibility index (Phi) is 2.83. The number of hydrogen-bond acceptors (Lipinski definition) is 3. The fourth-order valence-electron chi connectivity index (χ4n) is 3.00. The van der Waals surface area contributed by atoms with E-state index in [0.717, 1.165) is 12.3 Å². The number of benzene rings is 1. The van der Waals surface area contributed by atoms with E-state index >= 15 is 0 Å². The predicted octanol–water partition coefficient (Wildman–Crippen LogP) is 2.91. The first-order valence-corrected chi connectivity index (χ1v) is 7.22. The molecule has 2 aliphatic rings. The molecular formula is C14H19NOS. The molecule has 3 rings (SSSR count). The second kappa shape index (κ2) is 4.21. The van der Waals surface area contributed by atoms with Gasteiger partial charge in [-0.2, -0.15) is 0 Å². The van der Waals surface area contributed by atoms with Crippen molar-refractivity contribution in [2.75, 3.05) is 13.7 Å². The van der Waals surface area contributed by atoms with Crippen LogP contribution in [0.25, 0.3) is 0 Å². The van der Waals surface area contributed by atoms with Crippen LogP contribution in [0.1, 0.15) is 30.9 Å². The molecule has 1 aliphatic carbocycles. The van der Waals surface area contributed by atoms with Crippen molar-refractivity contribution < 1.29 is 4.74 Å². The van der Waals surface area contributed by atoms with E-state index in [0.29, 0.717) is 5.25 Å². The summed E-state index contributed by atoms with van der Waals surface area (Å²) in [5.41, 5.74) is 2.95. The SMILES string of the molecule is COc1ccc2c(c1)CCCC21NCC(C)S1. The lowest BCUT2D eigenvalue weighted by atomic mass is 9.87. The van der Waals surface area contributed by atoms with Crippen LogP contribution < -0.4 is 10.1 Å². The number of methoxy groups -OCH3 is 1. The Balaban J connectivity index is 2.02. The summed E-state index contributed by atoms with van der Waals surface area (Å²) in [7, 11) is 1.74. The van der Waals surface area contributed by atoms with E-state index in [-0.39, 0.29) is 4.87 Å². The number of nitrogens with one attached hydrogen (secondary N) is 1. The Morgan fingerprint density at radius 3 is 3.06 bits per heavy atom. The second-order valence-corrected chi connectivity index (χ2v) is 6.75. The zero-order valence-corrected chi connectivity index (χ0v) is 11.3. The molecule has 0 saturated carbocycles. The minimum absolute atomic E-state index is 0.180. The van der Waals surface area contributed by atoms with E-state index in [9.17, 15) is 0 Å². The predicted molar refractivity (Wildman–Crippen MR) is 72.7 cm³/mol. The van der Waals surface area contributed by atoms with Gasteiger partial charge in [0.2, 0.25) is 0 Å². The van der Waals surface area contributed by atoms with Crippen LogP contribution in [-0.4, -0.2) is 18.9 Å². The van der Waals surface area contributed by atoms with Crippen LogP contribution in [0, 0.1) is 0 Å². The summed E-state index contributed by atoms with van der Waals surface area (Å²) in [6.45, 7) is 3.43. The molecule has 0 amide bonds. The Morgan fingerprint density at radius 2 is 2.35 bits per heavy atom. The van der Waals surface area contributed by atoms with Crippen molar-refractivity contribution in [2.45, 2.75) is 36.3 Å². The van der Waals surface area contributed by atoms with Crippen molar-refractivity contribution in [1.29, 1.82) is 0 Å². The quantitative estimate of drug-likeness (QED) is 0.827. The summed E-state index contributed by atoms with van der Waals surface area (Å²) >= 11 is 2.09. The Bertz CT molecular complexity index is 434. The van der Waals surface area contributed by atoms with E-state index < -0.39 is 0 Å². The van der Waals surface area contributed by atoms with Crippen LogP contribution in [0.3, 0.4) is 0 Å². The summed E-state index contributed by atoms with van der Waals surface area (Å²) in [6, 6.07) is 6.56. The molecule has 0 radical (unpaired) electrons. The fourth-order valence-corrected chi connectivity index (χ4v) is 4.61. The molecule has 1 fully saturated rings. The first kappa shape index (κ1) is 11.4. The molecule has 17 heavy (non-hydrogen) atoms. The third kappa shape index (κ3) is 1.85. The highest BCUT2D eigenvalue weighted by molar-refractivity contribution is 8.01. The van der Waals surface area contributed by atoms with Gasteiger partial charge in [-0.15, -0.1) is 11.8 Å². The van der Waals surface area contributed by atoms with Gasteiger partial charge in [0, 0.05) is 11.8 Å². The first-order chi connectivity index (χ1) is 8.23. The normalized spacial score (nSPS) is 31.5. The minimum Gasteiger partial charge on any atom is -0.497 e. The van der Waals surface area contributed by atoms with Crippen molar-refractivity contribution in [3.05, 3.63) is 29.3 Å². The van der Waals surface area contributed by atoms with Gasteiger partial charge < -0.3 is 4.74 Å². The van der Waals surface area contributed by atoms with Crippen LogP contribution >= 0.6 is 11.8 Å². The number of fused-ring (bicyclic) bond motifs is 2. The molecule has 1 spiro atoms. The van der Waals surface area contributed by atoms with Gasteiger partial charge in [-0.1, -0.05) is 13.0 Å². The summed E-state index contributed by atoms with van der Waals surface area (Å²) in [4.78, 5) is 0.180. The van der Waals surface area contributed by atoms with Gasteiger partial charge >= 0.3 is 0 Å². The van der Waals surface area contributed by atoms with Gasteiger partial charge in [-0.25, -0.2) is 0 Å². The smallest absolute Gasteiger partial charge is 0.119 e. The summed E-state index contributed by atoms with van der Waals surface area (Å²) in [6.07, 6.45) is 3.71. The largest absolute Gasteiger partial charge is 0.497 e. The van der Waals surface area contributed by atoms with Gasteiger partial charge in [-0.3, -0.25) is 5.32 Å².